The van der Waals surface area contributed by atoms with E-state index in [0.29, 0.717) is 48.9 Å². The van der Waals surface area contributed by atoms with Crippen LogP contribution in [0.25, 0.3) is 0 Å². The topological polar surface area (TPSA) is 81.6 Å². The Labute approximate surface area is 173 Å². The molecule has 4 rings (SSSR count). The van der Waals surface area contributed by atoms with E-state index in [4.69, 9.17) is 14.2 Å². The number of hydrogen-bond donors (Lipinski definition) is 2. The average molecular weight is 405 g/mol. The Morgan fingerprint density at radius 1 is 1.34 bits per heavy atom. The van der Waals surface area contributed by atoms with Crippen molar-refractivity contribution in [2.24, 2.45) is 17.3 Å². The van der Waals surface area contributed by atoms with Gasteiger partial charge in [0.15, 0.2) is 0 Å². The Balaban J connectivity index is 1.40. The van der Waals surface area contributed by atoms with Gasteiger partial charge in [-0.15, -0.1) is 0 Å². The van der Waals surface area contributed by atoms with Crippen LogP contribution in [0.4, 0.5) is 0 Å². The fourth-order valence-corrected chi connectivity index (χ4v) is 4.62. The van der Waals surface area contributed by atoms with Gasteiger partial charge in [0.1, 0.15) is 30.5 Å². The number of nitrogens with two attached hydrogens (primary N) is 1. The predicted octanol–water partition coefficient (Wildman–Crippen LogP) is 1.92. The molecule has 160 valence electrons. The van der Waals surface area contributed by atoms with Gasteiger partial charge in [0.05, 0.1) is 27.4 Å². The van der Waals surface area contributed by atoms with Gasteiger partial charge in [-0.2, -0.15) is 0 Å². The van der Waals surface area contributed by atoms with Gasteiger partial charge in [-0.1, -0.05) is 19.9 Å². The van der Waals surface area contributed by atoms with Gasteiger partial charge in [-0.05, 0) is 53.9 Å². The normalized spacial score (nSPS) is 23.0. The van der Waals surface area contributed by atoms with Crippen molar-refractivity contribution >= 4 is 5.97 Å². The van der Waals surface area contributed by atoms with Gasteiger partial charge in [-0.25, -0.2) is 4.79 Å². The maximum Gasteiger partial charge on any atom is 0.341 e. The van der Waals surface area contributed by atoms with Crippen molar-refractivity contribution in [3.8, 4) is 5.75 Å². The largest absolute Gasteiger partial charge is 0.496 e. The van der Waals surface area contributed by atoms with E-state index in [1.807, 2.05) is 11.4 Å². The summed E-state index contributed by atoms with van der Waals surface area (Å²) in [5, 5.41) is 12.2. The zero-order valence-corrected chi connectivity index (χ0v) is 17.9. The van der Waals surface area contributed by atoms with Crippen LogP contribution < -0.4 is 10.1 Å². The van der Waals surface area contributed by atoms with Crippen molar-refractivity contribution in [3.05, 3.63) is 41.0 Å². The fourth-order valence-electron chi connectivity index (χ4n) is 4.62. The third-order valence-electron chi connectivity index (χ3n) is 6.65. The number of ether oxygens (including phenoxy) is 3. The summed E-state index contributed by atoms with van der Waals surface area (Å²) in [4.78, 5) is 11.9. The van der Waals surface area contributed by atoms with Crippen LogP contribution in [0.15, 0.2) is 29.8 Å². The molecular formula is C23H34NO5+. The summed E-state index contributed by atoms with van der Waals surface area (Å²) in [5.74, 6) is 1.54. The molecule has 2 bridgehead atoms. The van der Waals surface area contributed by atoms with E-state index >= 15 is 0 Å². The number of carbonyl (C=O) groups excluding carboxylic acids is 1. The van der Waals surface area contributed by atoms with Crippen LogP contribution in [-0.4, -0.2) is 51.2 Å². The lowest BCUT2D eigenvalue weighted by Gasteiger charge is -2.56. The van der Waals surface area contributed by atoms with E-state index in [9.17, 15) is 9.90 Å². The van der Waals surface area contributed by atoms with Crippen LogP contribution in [0, 0.1) is 17.3 Å². The molecule has 3 aliphatic carbocycles. The zero-order valence-electron chi connectivity index (χ0n) is 17.9. The van der Waals surface area contributed by atoms with Gasteiger partial charge >= 0.3 is 5.97 Å². The lowest BCUT2D eigenvalue weighted by atomic mass is 9.49. The van der Waals surface area contributed by atoms with Crippen LogP contribution in [0.3, 0.4) is 0 Å². The number of allylic oxidation sites excluding steroid dienone is 1. The minimum atomic E-state index is -0.528. The molecule has 1 saturated carbocycles. The number of hydrogen-bond acceptors (Lipinski definition) is 5. The van der Waals surface area contributed by atoms with E-state index in [1.54, 1.807) is 12.1 Å². The van der Waals surface area contributed by atoms with Crippen molar-refractivity contribution in [1.29, 1.82) is 0 Å². The minimum absolute atomic E-state index is 0.334. The van der Waals surface area contributed by atoms with Gasteiger partial charge in [0.2, 0.25) is 0 Å². The first-order valence-corrected chi connectivity index (χ1v) is 10.4. The smallest absolute Gasteiger partial charge is 0.341 e. The summed E-state index contributed by atoms with van der Waals surface area (Å²) in [6.07, 6.45) is 4.26. The number of rotatable bonds is 10. The van der Waals surface area contributed by atoms with Gasteiger partial charge in [0, 0.05) is 5.56 Å². The number of fused-ring (bicyclic) bond motifs is 1. The van der Waals surface area contributed by atoms with Crippen molar-refractivity contribution in [2.45, 2.75) is 39.3 Å². The van der Waals surface area contributed by atoms with Crippen molar-refractivity contribution in [1.82, 2.24) is 0 Å². The summed E-state index contributed by atoms with van der Waals surface area (Å²) >= 11 is 0. The number of methoxy groups -OCH3 is 2. The van der Waals surface area contributed by atoms with Crippen LogP contribution in [-0.2, 0) is 16.0 Å². The van der Waals surface area contributed by atoms with Crippen molar-refractivity contribution in [3.63, 3.8) is 0 Å². The van der Waals surface area contributed by atoms with E-state index in [2.05, 4.69) is 19.9 Å². The number of benzene rings is 1. The minimum Gasteiger partial charge on any atom is -0.496 e. The molecule has 29 heavy (non-hydrogen) atoms. The molecule has 3 aliphatic rings. The second kappa shape index (κ2) is 9.28. The number of quaternary nitrogens is 1. The Morgan fingerprint density at radius 2 is 2.14 bits per heavy atom. The molecule has 0 amide bonds. The first-order chi connectivity index (χ1) is 13.9. The highest BCUT2D eigenvalue weighted by molar-refractivity contribution is 5.92. The third-order valence-corrected chi connectivity index (χ3v) is 6.65. The van der Waals surface area contributed by atoms with Crippen molar-refractivity contribution in [2.75, 3.05) is 34.0 Å². The molecule has 0 heterocycles. The summed E-state index contributed by atoms with van der Waals surface area (Å²) in [5.41, 5.74) is 3.18. The monoisotopic (exact) mass is 404 g/mol. The summed E-state index contributed by atoms with van der Waals surface area (Å²) in [6.45, 7) is 6.85. The fraction of sp³-hybridized carbons (Fsp3) is 0.609. The molecule has 6 heteroatoms. The van der Waals surface area contributed by atoms with Gasteiger partial charge in [0.25, 0.3) is 0 Å². The zero-order chi connectivity index (χ0) is 21.0. The molecular weight excluding hydrogens is 370 g/mol. The predicted molar refractivity (Wildman–Crippen MR) is 110 cm³/mol. The summed E-state index contributed by atoms with van der Waals surface area (Å²) in [6, 6.07) is 5.44. The van der Waals surface area contributed by atoms with Crippen LogP contribution in [0.2, 0.25) is 0 Å². The van der Waals surface area contributed by atoms with Crippen LogP contribution in [0.5, 0.6) is 5.75 Å². The molecule has 0 unspecified atom stereocenters. The Morgan fingerprint density at radius 3 is 2.79 bits per heavy atom. The molecule has 6 nitrogen and oxygen atoms in total. The average Bonchev–Trinajstić information content (AvgIpc) is 2.73. The standard InChI is InChI=1S/C23H33NO5/c1-23(2)17-7-6-16(20(23)10-17)13-29-14-18(25)12-24-11-15-5-8-21(27-3)19(9-15)22(26)28-4/h5-6,8-9,17-18,20,24-25H,7,10-14H2,1-4H3/p+1/t17-,18-,20-/m0/s1. The first kappa shape index (κ1) is 21.8. The second-order valence-electron chi connectivity index (χ2n) is 8.74. The molecule has 3 atom stereocenters. The van der Waals surface area contributed by atoms with E-state index in [0.717, 1.165) is 17.9 Å². The number of carbonyl (C=O) groups is 1. The van der Waals surface area contributed by atoms with Crippen LogP contribution >= 0.6 is 0 Å². The van der Waals surface area contributed by atoms with E-state index in [1.165, 1.54) is 26.2 Å². The lowest BCUT2D eigenvalue weighted by Crippen LogP contribution is -2.85. The van der Waals surface area contributed by atoms with E-state index < -0.39 is 12.1 Å². The maximum absolute atomic E-state index is 11.9. The van der Waals surface area contributed by atoms with Gasteiger partial charge < -0.3 is 24.6 Å². The maximum atomic E-state index is 11.9. The lowest BCUT2D eigenvalue weighted by molar-refractivity contribution is -0.676. The van der Waals surface area contributed by atoms with Crippen LogP contribution in [0.1, 0.15) is 42.6 Å². The highest BCUT2D eigenvalue weighted by Gasteiger charge is 2.50. The molecule has 0 saturated heterocycles. The Hall–Kier alpha value is -1.89. The number of aliphatic hydroxyl groups is 1. The molecule has 1 aromatic rings. The molecule has 0 aromatic heterocycles. The second-order valence-corrected chi connectivity index (χ2v) is 8.74. The third kappa shape index (κ3) is 4.82. The molecule has 1 fully saturated rings. The quantitative estimate of drug-likeness (QED) is 0.460. The molecule has 0 aliphatic heterocycles. The highest BCUT2D eigenvalue weighted by Crippen LogP contribution is 2.59. The SMILES string of the molecule is COC(=O)c1cc(C[NH2+]C[C@H](O)COCC2=CC[C@H]3C[C@@H]2C3(C)C)ccc1OC. The Bertz CT molecular complexity index is 758. The van der Waals surface area contributed by atoms with E-state index in [-0.39, 0.29) is 0 Å². The Kier molecular flexibility index (Phi) is 6.98. The van der Waals surface area contributed by atoms with Gasteiger partial charge in [-0.3, -0.25) is 0 Å². The number of esters is 1. The molecule has 0 radical (unpaired) electrons. The molecule has 0 spiro atoms. The molecule has 1 aromatic carbocycles. The molecule has 3 N–H and O–H groups in total. The summed E-state index contributed by atoms with van der Waals surface area (Å²) in [7, 11) is 2.88. The highest BCUT2D eigenvalue weighted by atomic mass is 16.5. The number of aliphatic hydroxyl groups excluding tert-OH is 1. The van der Waals surface area contributed by atoms with Crippen molar-refractivity contribution < 1.29 is 29.4 Å². The first-order valence-electron chi connectivity index (χ1n) is 10.4. The summed E-state index contributed by atoms with van der Waals surface area (Å²) < 4.78 is 15.8.